The summed E-state index contributed by atoms with van der Waals surface area (Å²) in [6, 6.07) is 14.4. The van der Waals surface area contributed by atoms with Gasteiger partial charge >= 0.3 is 0 Å². The molecule has 4 N–H and O–H groups in total. The fourth-order valence-electron chi connectivity index (χ4n) is 4.39. The Morgan fingerprint density at radius 1 is 1.21 bits per heavy atom. The van der Waals surface area contributed by atoms with Crippen LogP contribution in [0.2, 0.25) is 0 Å². The van der Waals surface area contributed by atoms with Crippen molar-refractivity contribution in [1.29, 1.82) is 0 Å². The molecule has 178 valence electrons. The molecule has 34 heavy (non-hydrogen) atoms. The molecule has 1 heterocycles. The number of nitrogens with zero attached hydrogens (tertiary/aromatic N) is 1. The van der Waals surface area contributed by atoms with Crippen molar-refractivity contribution in [2.75, 3.05) is 11.9 Å². The highest BCUT2D eigenvalue weighted by molar-refractivity contribution is 6.05. The van der Waals surface area contributed by atoms with Crippen molar-refractivity contribution in [3.05, 3.63) is 83.4 Å². The lowest BCUT2D eigenvalue weighted by atomic mass is 9.95. The van der Waals surface area contributed by atoms with Gasteiger partial charge in [-0.25, -0.2) is 4.39 Å². The minimum atomic E-state index is -0.864. The van der Waals surface area contributed by atoms with Crippen LogP contribution in [0.5, 0.6) is 0 Å². The minimum Gasteiger partial charge on any atom is -0.368 e. The summed E-state index contributed by atoms with van der Waals surface area (Å²) < 4.78 is 19.6. The van der Waals surface area contributed by atoms with Gasteiger partial charge in [0, 0.05) is 24.7 Å². The van der Waals surface area contributed by atoms with Gasteiger partial charge in [0.25, 0.3) is 5.91 Å². The van der Waals surface area contributed by atoms with Gasteiger partial charge in [-0.2, -0.15) is 0 Å². The van der Waals surface area contributed by atoms with Crippen LogP contribution in [0, 0.1) is 11.7 Å². The molecular formula is C27H30FN3O3. The Labute approximate surface area is 199 Å². The minimum absolute atomic E-state index is 0.0676. The number of carbonyl (C=O) groups excluding carboxylic acids is 1. The van der Waals surface area contributed by atoms with Crippen LogP contribution in [0.4, 0.5) is 10.1 Å². The van der Waals surface area contributed by atoms with E-state index >= 15 is 0 Å². The maximum Gasteiger partial charge on any atom is 0.255 e. The quantitative estimate of drug-likeness (QED) is 0.401. The van der Waals surface area contributed by atoms with Gasteiger partial charge in [-0.05, 0) is 59.2 Å². The number of nitrogens with two attached hydrogens (primary N) is 1. The third-order valence-electron chi connectivity index (χ3n) is 6.26. The molecule has 1 amide bonds. The molecule has 3 aromatic rings. The van der Waals surface area contributed by atoms with Crippen molar-refractivity contribution in [2.45, 2.75) is 44.9 Å². The summed E-state index contributed by atoms with van der Waals surface area (Å²) in [5, 5.41) is 13.0. The van der Waals surface area contributed by atoms with Crippen molar-refractivity contribution >= 4 is 11.6 Å². The van der Waals surface area contributed by atoms with Gasteiger partial charge in [-0.3, -0.25) is 9.78 Å². The Morgan fingerprint density at radius 3 is 2.79 bits per heavy atom. The van der Waals surface area contributed by atoms with Crippen LogP contribution in [0.25, 0.3) is 11.1 Å². The Bertz CT molecular complexity index is 1130. The van der Waals surface area contributed by atoms with Gasteiger partial charge in [0.15, 0.2) is 12.1 Å². The van der Waals surface area contributed by atoms with E-state index < -0.39 is 18.0 Å². The lowest BCUT2D eigenvalue weighted by Gasteiger charge is -2.16. The predicted molar refractivity (Wildman–Crippen MR) is 130 cm³/mol. The van der Waals surface area contributed by atoms with Gasteiger partial charge in [-0.1, -0.05) is 43.2 Å². The smallest absolute Gasteiger partial charge is 0.255 e. The Balaban J connectivity index is 1.50. The normalized spacial score (nSPS) is 14.8. The van der Waals surface area contributed by atoms with Crippen molar-refractivity contribution < 1.29 is 19.0 Å². The lowest BCUT2D eigenvalue weighted by molar-refractivity contribution is -0.107. The topological polar surface area (TPSA) is 97.5 Å². The molecular weight excluding hydrogens is 433 g/mol. The summed E-state index contributed by atoms with van der Waals surface area (Å²) in [7, 11) is 0. The zero-order valence-electron chi connectivity index (χ0n) is 19.0. The highest BCUT2D eigenvalue weighted by Crippen LogP contribution is 2.28. The fourth-order valence-corrected chi connectivity index (χ4v) is 4.39. The molecule has 1 atom stereocenters. The number of carbonyl (C=O) groups is 1. The second kappa shape index (κ2) is 11.3. The van der Waals surface area contributed by atoms with Crippen LogP contribution in [0.15, 0.2) is 60.9 Å². The average molecular weight is 464 g/mol. The van der Waals surface area contributed by atoms with Gasteiger partial charge in [0.2, 0.25) is 0 Å². The molecule has 0 spiro atoms. The number of ether oxygens (including phenoxy) is 1. The zero-order chi connectivity index (χ0) is 23.9. The van der Waals surface area contributed by atoms with E-state index in [1.807, 2.05) is 24.3 Å². The average Bonchev–Trinajstić information content (AvgIpc) is 3.38. The first-order valence-electron chi connectivity index (χ1n) is 11.7. The Hall–Kier alpha value is -3.13. The number of hydrogen-bond acceptors (Lipinski definition) is 5. The van der Waals surface area contributed by atoms with Crippen molar-refractivity contribution in [2.24, 2.45) is 11.7 Å². The first-order chi connectivity index (χ1) is 16.5. The zero-order valence-corrected chi connectivity index (χ0v) is 19.0. The number of hydrogen-bond donors (Lipinski definition) is 3. The molecule has 0 radical (unpaired) electrons. The number of anilines is 1. The number of halogens is 1. The second-order valence-corrected chi connectivity index (χ2v) is 8.73. The van der Waals surface area contributed by atoms with Gasteiger partial charge in [0.1, 0.15) is 0 Å². The van der Waals surface area contributed by atoms with E-state index in [2.05, 4.69) is 10.3 Å². The molecule has 6 nitrogen and oxygen atoms in total. The van der Waals surface area contributed by atoms with Crippen LogP contribution in [0.3, 0.4) is 0 Å². The highest BCUT2D eigenvalue weighted by Gasteiger charge is 2.18. The summed E-state index contributed by atoms with van der Waals surface area (Å²) in [5.74, 6) is -0.486. The summed E-state index contributed by atoms with van der Waals surface area (Å²) >= 11 is 0. The van der Waals surface area contributed by atoms with Crippen molar-refractivity contribution in [3.8, 4) is 11.1 Å². The third-order valence-corrected chi connectivity index (χ3v) is 6.26. The number of aromatic nitrogens is 1. The number of nitrogens with one attached hydrogen (secondary N) is 1. The van der Waals surface area contributed by atoms with Gasteiger partial charge in [0.05, 0.1) is 18.5 Å². The van der Waals surface area contributed by atoms with Gasteiger partial charge in [-0.15, -0.1) is 0 Å². The summed E-state index contributed by atoms with van der Waals surface area (Å²) in [5.41, 5.74) is 9.90. The predicted octanol–water partition coefficient (Wildman–Crippen LogP) is 4.67. The van der Waals surface area contributed by atoms with Crippen LogP contribution in [0.1, 0.15) is 47.2 Å². The number of rotatable bonds is 9. The van der Waals surface area contributed by atoms with E-state index in [9.17, 15) is 14.3 Å². The maximum absolute atomic E-state index is 13.9. The van der Waals surface area contributed by atoms with E-state index in [1.54, 1.807) is 18.2 Å². The molecule has 0 aliphatic heterocycles. The maximum atomic E-state index is 13.9. The van der Waals surface area contributed by atoms with Gasteiger partial charge < -0.3 is 20.9 Å². The van der Waals surface area contributed by atoms with Crippen LogP contribution in [-0.2, 0) is 17.7 Å². The third kappa shape index (κ3) is 6.05. The SMILES string of the molecule is NCc1ccc(C(=O)Nc2ccncc2F)cc1-c1cccc(CC(O)OCC2CCCC2)c1. The second-order valence-electron chi connectivity index (χ2n) is 8.73. The van der Waals surface area contributed by atoms with Crippen LogP contribution >= 0.6 is 0 Å². The summed E-state index contributed by atoms with van der Waals surface area (Å²) in [6.45, 7) is 0.890. The molecule has 1 aliphatic carbocycles. The molecule has 0 bridgehead atoms. The van der Waals surface area contributed by atoms with E-state index in [1.165, 1.54) is 37.9 Å². The monoisotopic (exact) mass is 463 g/mol. The standard InChI is InChI=1S/C27H30FN3O3/c28-24-16-30-11-10-25(24)31-27(33)21-8-9-22(15-29)23(14-21)20-7-3-6-19(12-20)13-26(32)34-17-18-4-1-2-5-18/h3,6-12,14,16,18,26,32H,1-2,4-5,13,15,17,29H2,(H,30,31,33). The highest BCUT2D eigenvalue weighted by atomic mass is 19.1. The molecule has 1 unspecified atom stereocenters. The van der Waals surface area contributed by atoms with E-state index in [4.69, 9.17) is 10.5 Å². The number of pyridine rings is 1. The number of aliphatic hydroxyl groups excluding tert-OH is 1. The summed E-state index contributed by atoms with van der Waals surface area (Å²) in [4.78, 5) is 16.5. The molecule has 1 saturated carbocycles. The van der Waals surface area contributed by atoms with E-state index in [0.717, 1.165) is 28.5 Å². The molecule has 7 heteroatoms. The molecule has 2 aromatic carbocycles. The number of aliphatic hydroxyl groups is 1. The molecule has 0 saturated heterocycles. The van der Waals surface area contributed by atoms with Crippen molar-refractivity contribution in [1.82, 2.24) is 4.98 Å². The van der Waals surface area contributed by atoms with E-state index in [-0.39, 0.29) is 5.69 Å². The molecule has 1 aromatic heterocycles. The fraction of sp³-hybridized carbons (Fsp3) is 0.333. The molecule has 4 rings (SSSR count). The van der Waals surface area contributed by atoms with Crippen LogP contribution < -0.4 is 11.1 Å². The van der Waals surface area contributed by atoms with Crippen molar-refractivity contribution in [3.63, 3.8) is 0 Å². The Morgan fingerprint density at radius 2 is 2.03 bits per heavy atom. The summed E-state index contributed by atoms with van der Waals surface area (Å²) in [6.07, 6.45) is 6.80. The Kier molecular flexibility index (Phi) is 8.00. The number of benzene rings is 2. The largest absolute Gasteiger partial charge is 0.368 e. The number of amides is 1. The lowest BCUT2D eigenvalue weighted by Crippen LogP contribution is -2.19. The van der Waals surface area contributed by atoms with E-state index in [0.29, 0.717) is 31.1 Å². The first-order valence-corrected chi connectivity index (χ1v) is 11.7. The molecule has 1 aliphatic rings. The first kappa shape index (κ1) is 24.0. The van der Waals surface area contributed by atoms with Crippen LogP contribution in [-0.4, -0.2) is 28.9 Å². The molecule has 1 fully saturated rings.